The maximum atomic E-state index is 13.8. The van der Waals surface area contributed by atoms with Crippen molar-refractivity contribution < 1.29 is 13.9 Å². The molecule has 0 saturated carbocycles. The van der Waals surface area contributed by atoms with Crippen LogP contribution in [0.2, 0.25) is 0 Å². The highest BCUT2D eigenvalue weighted by Gasteiger charge is 2.38. The molecule has 0 spiro atoms. The number of hydrogen-bond acceptors (Lipinski definition) is 7. The minimum absolute atomic E-state index is 0.0259. The second-order valence-electron chi connectivity index (χ2n) is 9.66. The van der Waals surface area contributed by atoms with Crippen molar-refractivity contribution in [2.24, 2.45) is 10.7 Å². The van der Waals surface area contributed by atoms with Crippen LogP contribution in [0.15, 0.2) is 58.9 Å². The van der Waals surface area contributed by atoms with Gasteiger partial charge in [0.2, 0.25) is 0 Å². The van der Waals surface area contributed by atoms with Crippen molar-refractivity contribution in [2.45, 2.75) is 31.8 Å². The minimum atomic E-state index is -1.26. The average Bonchev–Trinajstić information content (AvgIpc) is 3.60. The molecular weight excluding hydrogens is 489 g/mol. The molecule has 37 heavy (non-hydrogen) atoms. The zero-order valence-corrected chi connectivity index (χ0v) is 22.1. The number of morpholine rings is 1. The van der Waals surface area contributed by atoms with Gasteiger partial charge in [0.15, 0.2) is 16.2 Å². The molecule has 0 radical (unpaired) electrons. The van der Waals surface area contributed by atoms with E-state index in [1.54, 1.807) is 12.1 Å². The van der Waals surface area contributed by atoms with Crippen molar-refractivity contribution in [2.75, 3.05) is 50.8 Å². The molecule has 9 heteroatoms. The van der Waals surface area contributed by atoms with Crippen molar-refractivity contribution in [3.05, 3.63) is 64.5 Å². The van der Waals surface area contributed by atoms with E-state index in [0.717, 1.165) is 69.2 Å². The number of nitrogens with two attached hydrogens (primary N) is 1. The molecule has 2 aliphatic rings. The summed E-state index contributed by atoms with van der Waals surface area (Å²) in [5.41, 5.74) is 9.30. The number of Topliss-reactive ketones (excluding diaryl/α,β-unsaturated/α-hetero) is 1. The van der Waals surface area contributed by atoms with Gasteiger partial charge in [0.25, 0.3) is 0 Å². The average molecular weight is 524 g/mol. The summed E-state index contributed by atoms with van der Waals surface area (Å²) in [5, 5.41) is 2.01. The van der Waals surface area contributed by atoms with Crippen LogP contribution in [0.1, 0.15) is 26.2 Å². The molecule has 7 nitrogen and oxygen atoms in total. The highest BCUT2D eigenvalue weighted by Crippen LogP contribution is 2.29. The molecule has 3 aromatic rings. The Kier molecular flexibility index (Phi) is 7.85. The first-order valence-corrected chi connectivity index (χ1v) is 13.8. The van der Waals surface area contributed by atoms with Crippen LogP contribution in [-0.2, 0) is 15.2 Å². The highest BCUT2D eigenvalue weighted by atomic mass is 32.1. The van der Waals surface area contributed by atoms with Crippen molar-refractivity contribution in [3.63, 3.8) is 0 Å². The molecule has 2 saturated heterocycles. The molecule has 0 aliphatic carbocycles. The zero-order chi connectivity index (χ0) is 25.8. The standard InChI is InChI=1S/C28H34FN5O2S/c1-2-28(30,26(35)19-32-13-3-4-14-32)34-25(20-37-27(34)31-23-9-7-22(29)8-10-23)21-5-11-24(12-6-21)33-15-17-36-18-16-33/h5-12,20H,2-4,13-19,30H2,1H3/b31-27+. The Labute approximate surface area is 221 Å². The predicted molar refractivity (Wildman–Crippen MR) is 146 cm³/mol. The first-order chi connectivity index (χ1) is 18.0. The molecule has 0 bridgehead atoms. The minimum Gasteiger partial charge on any atom is -0.378 e. The fraction of sp³-hybridized carbons (Fsp3) is 0.429. The second kappa shape index (κ2) is 11.3. The Hall–Kier alpha value is -2.85. The lowest BCUT2D eigenvalue weighted by molar-refractivity contribution is -0.128. The summed E-state index contributed by atoms with van der Waals surface area (Å²) in [6.07, 6.45) is 2.63. The molecule has 2 fully saturated rings. The predicted octanol–water partition coefficient (Wildman–Crippen LogP) is 4.11. The van der Waals surface area contributed by atoms with E-state index in [-0.39, 0.29) is 11.6 Å². The van der Waals surface area contributed by atoms with Crippen LogP contribution < -0.4 is 15.4 Å². The van der Waals surface area contributed by atoms with Crippen LogP contribution in [0.25, 0.3) is 11.3 Å². The molecule has 2 aliphatic heterocycles. The van der Waals surface area contributed by atoms with E-state index in [1.165, 1.54) is 23.5 Å². The van der Waals surface area contributed by atoms with E-state index in [4.69, 9.17) is 15.5 Å². The number of hydrogen-bond donors (Lipinski definition) is 1. The third-order valence-corrected chi connectivity index (χ3v) is 8.11. The first kappa shape index (κ1) is 25.8. The Morgan fingerprint density at radius 1 is 1.05 bits per heavy atom. The Morgan fingerprint density at radius 3 is 2.38 bits per heavy atom. The second-order valence-corrected chi connectivity index (χ2v) is 10.5. The summed E-state index contributed by atoms with van der Waals surface area (Å²) in [4.78, 5) is 23.6. The van der Waals surface area contributed by atoms with Crippen LogP contribution >= 0.6 is 11.3 Å². The van der Waals surface area contributed by atoms with Crippen LogP contribution in [0.4, 0.5) is 15.8 Å². The number of anilines is 1. The van der Waals surface area contributed by atoms with Gasteiger partial charge in [-0.1, -0.05) is 19.1 Å². The van der Waals surface area contributed by atoms with Crippen molar-refractivity contribution >= 4 is 28.5 Å². The number of aromatic nitrogens is 1. The van der Waals surface area contributed by atoms with E-state index in [2.05, 4.69) is 34.1 Å². The molecule has 1 atom stereocenters. The van der Waals surface area contributed by atoms with Crippen molar-refractivity contribution in [1.82, 2.24) is 9.47 Å². The third-order valence-electron chi connectivity index (χ3n) is 7.29. The normalized spacial score (nSPS) is 18.8. The van der Waals surface area contributed by atoms with E-state index >= 15 is 0 Å². The number of nitrogens with zero attached hydrogens (tertiary/aromatic N) is 4. The van der Waals surface area contributed by atoms with Gasteiger partial charge < -0.3 is 15.4 Å². The van der Waals surface area contributed by atoms with Crippen LogP contribution in [0.5, 0.6) is 0 Å². The largest absolute Gasteiger partial charge is 0.378 e. The number of ketones is 1. The monoisotopic (exact) mass is 523 g/mol. The van der Waals surface area contributed by atoms with E-state index in [9.17, 15) is 9.18 Å². The number of halogens is 1. The molecule has 1 unspecified atom stereocenters. The van der Waals surface area contributed by atoms with E-state index in [1.807, 2.05) is 16.9 Å². The Bertz CT molecular complexity index is 1280. The van der Waals surface area contributed by atoms with Crippen molar-refractivity contribution in [1.29, 1.82) is 0 Å². The lowest BCUT2D eigenvalue weighted by Crippen LogP contribution is -2.56. The molecule has 0 amide bonds. The first-order valence-electron chi connectivity index (χ1n) is 13.0. The topological polar surface area (TPSA) is 76.1 Å². The summed E-state index contributed by atoms with van der Waals surface area (Å²) in [5.74, 6) is -0.344. The molecule has 196 valence electrons. The number of ether oxygens (including phenoxy) is 1. The van der Waals surface area contributed by atoms with Crippen LogP contribution in [0, 0.1) is 5.82 Å². The fourth-order valence-corrected chi connectivity index (χ4v) is 6.01. The Morgan fingerprint density at radius 2 is 1.73 bits per heavy atom. The van der Waals surface area contributed by atoms with Gasteiger partial charge in [-0.3, -0.25) is 14.3 Å². The fourth-order valence-electron chi connectivity index (χ4n) is 5.03. The maximum Gasteiger partial charge on any atom is 0.192 e. The molecular formula is C28H34FN5O2S. The number of benzene rings is 2. The van der Waals surface area contributed by atoms with Crippen molar-refractivity contribution in [3.8, 4) is 11.3 Å². The van der Waals surface area contributed by atoms with Gasteiger partial charge >= 0.3 is 0 Å². The summed E-state index contributed by atoms with van der Waals surface area (Å²) in [6, 6.07) is 14.4. The van der Waals surface area contributed by atoms with Gasteiger partial charge in [-0.15, -0.1) is 11.3 Å². The molecule has 2 N–H and O–H groups in total. The van der Waals surface area contributed by atoms with E-state index < -0.39 is 5.66 Å². The smallest absolute Gasteiger partial charge is 0.192 e. The maximum absolute atomic E-state index is 13.8. The molecule has 5 rings (SSSR count). The van der Waals surface area contributed by atoms with Gasteiger partial charge in [-0.05, 0) is 74.3 Å². The summed E-state index contributed by atoms with van der Waals surface area (Å²) in [6.45, 7) is 7.29. The summed E-state index contributed by atoms with van der Waals surface area (Å²) < 4.78 is 20.9. The third kappa shape index (κ3) is 5.55. The lowest BCUT2D eigenvalue weighted by atomic mass is 10.00. The van der Waals surface area contributed by atoms with Crippen LogP contribution in [-0.4, -0.2) is 61.2 Å². The zero-order valence-electron chi connectivity index (χ0n) is 21.2. The summed E-state index contributed by atoms with van der Waals surface area (Å²) in [7, 11) is 0. The molecule has 3 heterocycles. The van der Waals surface area contributed by atoms with Gasteiger partial charge in [0.05, 0.1) is 31.1 Å². The summed E-state index contributed by atoms with van der Waals surface area (Å²) >= 11 is 1.43. The van der Waals surface area contributed by atoms with Crippen LogP contribution in [0.3, 0.4) is 0 Å². The number of likely N-dealkylation sites (tertiary alicyclic amines) is 1. The number of carbonyl (C=O) groups is 1. The lowest BCUT2D eigenvalue weighted by Gasteiger charge is -2.32. The van der Waals surface area contributed by atoms with Gasteiger partial charge in [0.1, 0.15) is 5.82 Å². The highest BCUT2D eigenvalue weighted by molar-refractivity contribution is 7.07. The van der Waals surface area contributed by atoms with Gasteiger partial charge in [-0.2, -0.15) is 0 Å². The molecule has 1 aromatic heterocycles. The number of thiazole rings is 1. The van der Waals surface area contributed by atoms with Gasteiger partial charge in [-0.25, -0.2) is 9.38 Å². The number of carbonyl (C=O) groups excluding carboxylic acids is 1. The quantitative estimate of drug-likeness (QED) is 0.481. The SMILES string of the molecule is CCC(N)(C(=O)CN1CCCC1)n1c(-c2ccc(N3CCOCC3)cc2)cs/c1=N/c1ccc(F)cc1. The number of rotatable bonds is 8. The Balaban J connectivity index is 1.57. The van der Waals surface area contributed by atoms with E-state index in [0.29, 0.717) is 23.5 Å². The van der Waals surface area contributed by atoms with Gasteiger partial charge in [0, 0.05) is 24.2 Å². The molecule has 2 aromatic carbocycles.